The van der Waals surface area contributed by atoms with Crippen molar-refractivity contribution in [3.63, 3.8) is 0 Å². The summed E-state index contributed by atoms with van der Waals surface area (Å²) in [5.74, 6) is -0.605. The molecule has 0 aromatic rings. The lowest BCUT2D eigenvalue weighted by Gasteiger charge is -2.35. The van der Waals surface area contributed by atoms with E-state index in [0.29, 0.717) is 32.1 Å². The fourth-order valence-electron chi connectivity index (χ4n) is 3.40. The molecule has 0 spiro atoms. The van der Waals surface area contributed by atoms with Crippen molar-refractivity contribution in [2.75, 3.05) is 7.11 Å². The molecular formula is C16H23BF3NO5S. The molecule has 2 atom stereocenters. The molecule has 0 radical (unpaired) electrons. The average molecular weight is 409 g/mol. The van der Waals surface area contributed by atoms with Crippen LogP contribution < -0.4 is 0 Å². The zero-order valence-electron chi connectivity index (χ0n) is 15.5. The summed E-state index contributed by atoms with van der Waals surface area (Å²) >= 11 is 0. The van der Waals surface area contributed by atoms with Crippen LogP contribution in [0.5, 0.6) is 0 Å². The molecule has 1 heterocycles. The van der Waals surface area contributed by atoms with Gasteiger partial charge in [0.05, 0.1) is 12.7 Å². The smallest absolute Gasteiger partial charge is 0.466 e. The van der Waals surface area contributed by atoms with Gasteiger partial charge in [-0.2, -0.15) is 21.6 Å². The molecule has 6 nitrogen and oxygen atoms in total. The fourth-order valence-corrected chi connectivity index (χ4v) is 3.96. The third-order valence-corrected chi connectivity index (χ3v) is 5.63. The van der Waals surface area contributed by atoms with Crippen LogP contribution in [0.2, 0.25) is 12.1 Å². The summed E-state index contributed by atoms with van der Waals surface area (Å²) in [6.07, 6.45) is 2.54. The summed E-state index contributed by atoms with van der Waals surface area (Å²) < 4.78 is 70.9. The highest BCUT2D eigenvalue weighted by molar-refractivity contribution is 7.87. The predicted molar refractivity (Wildman–Crippen MR) is 92.9 cm³/mol. The van der Waals surface area contributed by atoms with Gasteiger partial charge in [0.1, 0.15) is 5.76 Å². The number of nitrogens with zero attached hydrogens (tertiary/aromatic N) is 1. The molecule has 0 aromatic carbocycles. The predicted octanol–water partition coefficient (Wildman–Crippen LogP) is 3.83. The standard InChI is InChI=1S/C16H23BF3NO5S/c1-4-6-8-11-13(7-5-2)17(10-21)9-12(15(22)25-3)14(11)26-27(23,24)16(18,19)20/h11,13H,4-9H2,1-3H3/t11?,13-/m0/s1. The lowest BCUT2D eigenvalue weighted by Crippen LogP contribution is -2.37. The van der Waals surface area contributed by atoms with Crippen molar-refractivity contribution in [3.8, 4) is 5.97 Å². The molecule has 1 aliphatic rings. The van der Waals surface area contributed by atoms with Gasteiger partial charge in [0.25, 0.3) is 6.71 Å². The first-order valence-corrected chi connectivity index (χ1v) is 10.2. The normalized spacial score (nSPS) is 21.0. The number of rotatable bonds is 8. The Balaban J connectivity index is 3.56. The molecule has 11 heteroatoms. The number of halogens is 3. The van der Waals surface area contributed by atoms with Crippen LogP contribution in [0, 0.1) is 17.1 Å². The maximum Gasteiger partial charge on any atom is 0.534 e. The van der Waals surface area contributed by atoms with Gasteiger partial charge in [-0.15, -0.1) is 0 Å². The number of unbranched alkanes of at least 4 members (excludes halogenated alkanes) is 1. The summed E-state index contributed by atoms with van der Waals surface area (Å²) in [4.78, 5) is 12.1. The Morgan fingerprint density at radius 2 is 1.93 bits per heavy atom. The van der Waals surface area contributed by atoms with Crippen molar-refractivity contribution >= 4 is 22.8 Å². The Kier molecular flexibility index (Phi) is 8.20. The molecule has 0 N–H and O–H groups in total. The van der Waals surface area contributed by atoms with Crippen LogP contribution in [0.25, 0.3) is 0 Å². The van der Waals surface area contributed by atoms with Gasteiger partial charge in [0.2, 0.25) is 0 Å². The van der Waals surface area contributed by atoms with Crippen LogP contribution in [-0.4, -0.2) is 33.7 Å². The topological polar surface area (TPSA) is 93.5 Å². The molecule has 27 heavy (non-hydrogen) atoms. The number of methoxy groups -OCH3 is 1. The number of esters is 1. The highest BCUT2D eigenvalue weighted by Gasteiger charge is 2.52. The molecule has 0 fully saturated rings. The van der Waals surface area contributed by atoms with Crippen LogP contribution in [0.3, 0.4) is 0 Å². The SMILES string of the molecule is CCCCC1C(OS(=O)(=O)C(F)(F)F)=C(C(=O)OC)CB(C#N)[C@H]1CCC. The van der Waals surface area contributed by atoms with E-state index in [0.717, 1.165) is 7.11 Å². The highest BCUT2D eigenvalue weighted by atomic mass is 32.2. The Morgan fingerprint density at radius 3 is 2.37 bits per heavy atom. The van der Waals surface area contributed by atoms with Gasteiger partial charge in [0, 0.05) is 11.9 Å². The van der Waals surface area contributed by atoms with Crippen molar-refractivity contribution in [1.82, 2.24) is 0 Å². The molecule has 0 aliphatic carbocycles. The molecule has 1 aliphatic heterocycles. The maximum atomic E-state index is 12.9. The molecule has 0 saturated carbocycles. The third kappa shape index (κ3) is 5.40. The molecular weight excluding hydrogens is 386 g/mol. The summed E-state index contributed by atoms with van der Waals surface area (Å²) in [5.41, 5.74) is -5.94. The molecule has 152 valence electrons. The first kappa shape index (κ1) is 23.3. The Morgan fingerprint density at radius 1 is 1.30 bits per heavy atom. The van der Waals surface area contributed by atoms with E-state index in [2.05, 4.69) is 14.9 Å². The van der Waals surface area contributed by atoms with Crippen LogP contribution >= 0.6 is 0 Å². The minimum atomic E-state index is -5.94. The van der Waals surface area contributed by atoms with E-state index in [4.69, 9.17) is 0 Å². The fraction of sp³-hybridized carbons (Fsp3) is 0.750. The minimum Gasteiger partial charge on any atom is -0.466 e. The van der Waals surface area contributed by atoms with Crippen molar-refractivity contribution in [2.24, 2.45) is 5.92 Å². The van der Waals surface area contributed by atoms with Crippen LogP contribution in [0.4, 0.5) is 13.2 Å². The van der Waals surface area contributed by atoms with Crippen molar-refractivity contribution in [3.05, 3.63) is 11.3 Å². The van der Waals surface area contributed by atoms with E-state index in [-0.39, 0.29) is 11.9 Å². The number of alkyl halides is 3. The largest absolute Gasteiger partial charge is 0.534 e. The first-order valence-electron chi connectivity index (χ1n) is 8.75. The van der Waals surface area contributed by atoms with Crippen LogP contribution in [0.1, 0.15) is 46.0 Å². The lowest BCUT2D eigenvalue weighted by molar-refractivity contribution is -0.136. The quantitative estimate of drug-likeness (QED) is 0.262. The van der Waals surface area contributed by atoms with Gasteiger partial charge >= 0.3 is 21.6 Å². The second-order valence-electron chi connectivity index (χ2n) is 6.46. The number of hydrogen-bond donors (Lipinski definition) is 0. The van der Waals surface area contributed by atoms with Crippen molar-refractivity contribution in [1.29, 1.82) is 5.26 Å². The second kappa shape index (κ2) is 9.49. The summed E-state index contributed by atoms with van der Waals surface area (Å²) in [6, 6.07) is 0. The van der Waals surface area contributed by atoms with Crippen LogP contribution in [-0.2, 0) is 23.8 Å². The summed E-state index contributed by atoms with van der Waals surface area (Å²) in [7, 11) is -4.91. The molecule has 0 aromatic heterocycles. The maximum absolute atomic E-state index is 12.9. The third-order valence-electron chi connectivity index (χ3n) is 4.66. The van der Waals surface area contributed by atoms with Gasteiger partial charge < -0.3 is 8.92 Å². The molecule has 1 rings (SSSR count). The Bertz CT molecular complexity index is 715. The van der Waals surface area contributed by atoms with Gasteiger partial charge in [-0.1, -0.05) is 39.5 Å². The van der Waals surface area contributed by atoms with E-state index in [9.17, 15) is 31.6 Å². The number of carbonyl (C=O) groups is 1. The number of nitriles is 1. The lowest BCUT2D eigenvalue weighted by atomic mass is 9.33. The molecule has 0 saturated heterocycles. The van der Waals surface area contributed by atoms with E-state index in [1.807, 2.05) is 13.8 Å². The average Bonchev–Trinajstić information content (AvgIpc) is 2.59. The van der Waals surface area contributed by atoms with E-state index in [1.165, 1.54) is 0 Å². The highest BCUT2D eigenvalue weighted by Crippen LogP contribution is 2.46. The number of ether oxygens (including phenoxy) is 1. The zero-order chi connectivity index (χ0) is 20.8. The Hall–Kier alpha value is -1.70. The van der Waals surface area contributed by atoms with E-state index < -0.39 is 45.8 Å². The van der Waals surface area contributed by atoms with Crippen molar-refractivity contribution < 1.29 is 35.3 Å². The van der Waals surface area contributed by atoms with Gasteiger partial charge in [-0.05, 0) is 18.6 Å². The van der Waals surface area contributed by atoms with Crippen molar-refractivity contribution in [2.45, 2.75) is 63.6 Å². The molecule has 1 unspecified atom stereocenters. The minimum absolute atomic E-state index is 0.209. The number of hydrogen-bond acceptors (Lipinski definition) is 6. The second-order valence-corrected chi connectivity index (χ2v) is 8.00. The van der Waals surface area contributed by atoms with Gasteiger partial charge in [0.15, 0.2) is 0 Å². The molecule has 0 bridgehead atoms. The Labute approximate surface area is 157 Å². The number of carbonyl (C=O) groups excluding carboxylic acids is 1. The van der Waals surface area contributed by atoms with Gasteiger partial charge in [-0.3, -0.25) is 0 Å². The van der Waals surface area contributed by atoms with E-state index >= 15 is 0 Å². The van der Waals surface area contributed by atoms with Crippen LogP contribution in [0.15, 0.2) is 11.3 Å². The first-order chi connectivity index (χ1) is 12.5. The number of allylic oxidation sites excluding steroid dienone is 1. The monoisotopic (exact) mass is 409 g/mol. The summed E-state index contributed by atoms with van der Waals surface area (Å²) in [5, 5.41) is 9.49. The van der Waals surface area contributed by atoms with E-state index in [1.54, 1.807) is 0 Å². The van der Waals surface area contributed by atoms with Gasteiger partial charge in [-0.25, -0.2) is 10.1 Å². The zero-order valence-corrected chi connectivity index (χ0v) is 16.3. The summed E-state index contributed by atoms with van der Waals surface area (Å²) in [6.45, 7) is 3.09. The molecule has 0 amide bonds.